The van der Waals surface area contributed by atoms with E-state index in [1.807, 2.05) is 0 Å². The van der Waals surface area contributed by atoms with Crippen molar-refractivity contribution in [3.05, 3.63) is 0 Å². The molecule has 0 bridgehead atoms. The van der Waals surface area contributed by atoms with E-state index in [0.29, 0.717) is 0 Å². The van der Waals surface area contributed by atoms with Crippen LogP contribution in [0.3, 0.4) is 0 Å². The third kappa shape index (κ3) is 53.7. The Balaban J connectivity index is -0.000000201. The normalized spacial score (nSPS) is 9.41. The molecule has 0 aromatic carbocycles. The van der Waals surface area contributed by atoms with Gasteiger partial charge in [-0.15, -0.1) is 0 Å². The molecule has 0 saturated heterocycles. The summed E-state index contributed by atoms with van der Waals surface area (Å²) < 4.78 is 10.1. The van der Waals surface area contributed by atoms with Crippen LogP contribution in [0.4, 0.5) is 0 Å². The van der Waals surface area contributed by atoms with Crippen LogP contribution in [-0.4, -0.2) is 51.5 Å². The van der Waals surface area contributed by atoms with E-state index in [1.165, 1.54) is 77.0 Å². The Bertz CT molecular complexity index is 311. The van der Waals surface area contributed by atoms with Crippen molar-refractivity contribution in [1.82, 2.24) is 0 Å². The molecule has 0 heterocycles. The van der Waals surface area contributed by atoms with Gasteiger partial charge in [0.2, 0.25) is 0 Å². The molecule has 0 N–H and O–H groups in total. The van der Waals surface area contributed by atoms with E-state index in [4.69, 9.17) is 19.8 Å². The zero-order chi connectivity index (χ0) is 27.0. The van der Waals surface area contributed by atoms with E-state index in [2.05, 4.69) is 41.5 Å². The molecular weight excluding hydrogens is 638 g/mol. The molecule has 0 aromatic rings. The van der Waals surface area contributed by atoms with Gasteiger partial charge >= 0.3 is 185 Å². The first kappa shape index (κ1) is 41.7. The predicted molar refractivity (Wildman–Crippen MR) is 151 cm³/mol. The van der Waals surface area contributed by atoms with Gasteiger partial charge < -0.3 is 19.8 Å². The molecule has 0 unspecified atom stereocenters. The SMILES string of the molecule is CC(=O)[O-].CC(=O)[O-].CCC[CH2][Sn+]([CH2]CCC)[CH2]CCC.CCC[CH2][Sn+]([CH2]CCC)[CH2]CCC. The Morgan fingerprint density at radius 1 is 0.441 bits per heavy atom. The second-order valence-corrected chi connectivity index (χ2v) is 26.2. The zero-order valence-corrected chi connectivity index (χ0v) is 30.1. The van der Waals surface area contributed by atoms with Crippen LogP contribution in [0.1, 0.15) is 132 Å². The minimum atomic E-state index is -1.08. The van der Waals surface area contributed by atoms with Crippen molar-refractivity contribution in [3.63, 3.8) is 0 Å². The molecule has 6 heteroatoms. The molecule has 0 amide bonds. The van der Waals surface area contributed by atoms with Crippen molar-refractivity contribution < 1.29 is 19.8 Å². The molecule has 0 fully saturated rings. The number of carboxylic acid groups (broad SMARTS) is 2. The van der Waals surface area contributed by atoms with Crippen molar-refractivity contribution in [2.75, 3.05) is 0 Å². The Kier molecular flexibility index (Phi) is 46.6. The number of hydrogen-bond donors (Lipinski definition) is 0. The van der Waals surface area contributed by atoms with Crippen LogP contribution < -0.4 is 10.2 Å². The maximum absolute atomic E-state index is 8.89. The molecule has 0 atom stereocenters. The molecule has 0 aliphatic rings. The summed E-state index contributed by atoms with van der Waals surface area (Å²) in [6.07, 6.45) is 17.7. The fraction of sp³-hybridized carbons (Fsp3) is 0.929. The molecule has 4 nitrogen and oxygen atoms in total. The van der Waals surface area contributed by atoms with E-state index >= 15 is 0 Å². The van der Waals surface area contributed by atoms with Gasteiger partial charge in [0.05, 0.1) is 0 Å². The molecule has 0 rings (SSSR count). The Hall–Kier alpha value is 0.537. The Morgan fingerprint density at radius 3 is 0.647 bits per heavy atom. The van der Waals surface area contributed by atoms with Gasteiger partial charge in [-0.1, -0.05) is 0 Å². The van der Waals surface area contributed by atoms with E-state index in [0.717, 1.165) is 13.8 Å². The fourth-order valence-corrected chi connectivity index (χ4v) is 22.2. The molecule has 34 heavy (non-hydrogen) atoms. The van der Waals surface area contributed by atoms with Gasteiger partial charge in [-0.3, -0.25) is 0 Å². The van der Waals surface area contributed by atoms with Crippen LogP contribution in [0, 0.1) is 0 Å². The van der Waals surface area contributed by atoms with Crippen LogP contribution in [-0.2, 0) is 9.59 Å². The molecule has 0 aliphatic heterocycles. The number of hydrogen-bond acceptors (Lipinski definition) is 4. The molecule has 0 aromatic heterocycles. The predicted octanol–water partition coefficient (Wildman–Crippen LogP) is 7.28. The second kappa shape index (κ2) is 38.1. The van der Waals surface area contributed by atoms with Gasteiger partial charge in [-0.25, -0.2) is 0 Å². The summed E-state index contributed by atoms with van der Waals surface area (Å²) in [6.45, 7) is 15.9. The molecule has 0 radical (unpaired) electrons. The van der Waals surface area contributed by atoms with Crippen LogP contribution in [0.25, 0.3) is 0 Å². The van der Waals surface area contributed by atoms with Crippen LogP contribution in [0.5, 0.6) is 0 Å². The molecule has 204 valence electrons. The van der Waals surface area contributed by atoms with E-state index in [9.17, 15) is 0 Å². The second-order valence-electron chi connectivity index (χ2n) is 9.10. The summed E-state index contributed by atoms with van der Waals surface area (Å²) in [6, 6.07) is 0. The Labute approximate surface area is 228 Å². The summed E-state index contributed by atoms with van der Waals surface area (Å²) in [5.41, 5.74) is 0. The third-order valence-electron chi connectivity index (χ3n) is 5.30. The van der Waals surface area contributed by atoms with Crippen molar-refractivity contribution in [2.45, 2.75) is 159 Å². The van der Waals surface area contributed by atoms with Crippen molar-refractivity contribution >= 4 is 51.5 Å². The summed E-state index contributed by atoms with van der Waals surface area (Å²) in [7, 11) is 0. The average molecular weight is 698 g/mol. The van der Waals surface area contributed by atoms with Crippen LogP contribution in [0.2, 0.25) is 26.6 Å². The van der Waals surface area contributed by atoms with Crippen molar-refractivity contribution in [3.8, 4) is 0 Å². The standard InChI is InChI=1S/6C4H9.2C2H4O2.2Sn/c6*1-3-4-2;2*1-2(3)4;;/h6*1,3-4H2,2H3;2*1H3,(H,3,4);;/q;;;;;;;;2*+1/p-2. The quantitative estimate of drug-likeness (QED) is 0.141. The van der Waals surface area contributed by atoms with E-state index in [1.54, 1.807) is 26.6 Å². The zero-order valence-electron chi connectivity index (χ0n) is 24.4. The number of carbonyl (C=O) groups is 2. The summed E-state index contributed by atoms with van der Waals surface area (Å²) in [5.74, 6) is -2.17. The molecular formula is C28H60O4Sn2. The molecule has 0 aliphatic carbocycles. The van der Waals surface area contributed by atoms with E-state index in [-0.39, 0.29) is 0 Å². The third-order valence-corrected chi connectivity index (χ3v) is 23.5. The fourth-order valence-electron chi connectivity index (χ4n) is 3.31. The van der Waals surface area contributed by atoms with Crippen LogP contribution in [0.15, 0.2) is 0 Å². The first-order valence-corrected chi connectivity index (χ1v) is 26.3. The first-order valence-electron chi connectivity index (χ1n) is 14.2. The number of aliphatic carboxylic acids is 2. The monoisotopic (exact) mass is 700 g/mol. The Morgan fingerprint density at radius 2 is 0.559 bits per heavy atom. The van der Waals surface area contributed by atoms with Gasteiger partial charge in [0.1, 0.15) is 0 Å². The van der Waals surface area contributed by atoms with Gasteiger partial charge in [-0.2, -0.15) is 0 Å². The number of rotatable bonds is 18. The molecule has 0 saturated carbocycles. The number of carbonyl (C=O) groups excluding carboxylic acids is 2. The topological polar surface area (TPSA) is 80.3 Å². The minimum absolute atomic E-state index is 0.839. The number of carboxylic acids is 2. The van der Waals surface area contributed by atoms with Gasteiger partial charge in [0, 0.05) is 11.9 Å². The molecule has 0 spiro atoms. The summed E-state index contributed by atoms with van der Waals surface area (Å²) in [4.78, 5) is 17.8. The van der Waals surface area contributed by atoms with E-state index < -0.39 is 51.5 Å². The van der Waals surface area contributed by atoms with Crippen LogP contribution >= 0.6 is 0 Å². The van der Waals surface area contributed by atoms with Gasteiger partial charge in [0.15, 0.2) is 0 Å². The first-order chi connectivity index (χ1) is 16.2. The van der Waals surface area contributed by atoms with Gasteiger partial charge in [-0.05, 0) is 13.8 Å². The van der Waals surface area contributed by atoms with Gasteiger partial charge in [0.25, 0.3) is 0 Å². The average Bonchev–Trinajstić information content (AvgIpc) is 2.78. The summed E-state index contributed by atoms with van der Waals surface area (Å²) in [5, 5.41) is 17.8. The maximum atomic E-state index is 8.89. The number of unbranched alkanes of at least 4 members (excludes halogenated alkanes) is 6. The van der Waals surface area contributed by atoms with Crippen molar-refractivity contribution in [1.29, 1.82) is 0 Å². The summed E-state index contributed by atoms with van der Waals surface area (Å²) >= 11 is -1.68. The van der Waals surface area contributed by atoms with Crippen molar-refractivity contribution in [2.24, 2.45) is 0 Å².